The van der Waals surface area contributed by atoms with E-state index in [-0.39, 0.29) is 11.3 Å². The summed E-state index contributed by atoms with van der Waals surface area (Å²) in [5.41, 5.74) is 6.28. The third kappa shape index (κ3) is 3.17. The van der Waals surface area contributed by atoms with Crippen molar-refractivity contribution in [2.45, 2.75) is 25.3 Å². The molecule has 0 bridgehead atoms. The second-order valence-electron chi connectivity index (χ2n) is 4.94. The van der Waals surface area contributed by atoms with Gasteiger partial charge in [-0.3, -0.25) is 0 Å². The molecule has 1 fully saturated rings. The molecule has 2 rings (SSSR count). The first kappa shape index (κ1) is 13.7. The molecule has 3 N–H and O–H groups in total. The van der Waals surface area contributed by atoms with Crippen LogP contribution in [-0.2, 0) is 0 Å². The van der Waals surface area contributed by atoms with Crippen LogP contribution in [0.4, 0.5) is 5.69 Å². The van der Waals surface area contributed by atoms with Gasteiger partial charge in [0.25, 0.3) is 0 Å². The van der Waals surface area contributed by atoms with Gasteiger partial charge < -0.3 is 20.5 Å². The van der Waals surface area contributed by atoms with Crippen LogP contribution in [0.2, 0.25) is 0 Å². The van der Waals surface area contributed by atoms with Crippen LogP contribution < -0.4 is 10.5 Å². The van der Waals surface area contributed by atoms with Crippen LogP contribution in [0.25, 0.3) is 0 Å². The molecule has 1 aliphatic rings. The summed E-state index contributed by atoms with van der Waals surface area (Å²) in [6, 6.07) is 5.31. The number of hydrogen-bond acceptors (Lipinski definition) is 4. The highest BCUT2D eigenvalue weighted by Gasteiger charge is 2.21. The Bertz CT molecular complexity index is 462. The van der Waals surface area contributed by atoms with Crippen molar-refractivity contribution in [2.24, 2.45) is 0 Å². The van der Waals surface area contributed by atoms with E-state index in [0.29, 0.717) is 18.3 Å². The fourth-order valence-corrected chi connectivity index (χ4v) is 2.53. The van der Waals surface area contributed by atoms with Crippen LogP contribution in [0.15, 0.2) is 18.2 Å². The largest absolute Gasteiger partial charge is 0.490 e. The molecule has 5 heteroatoms. The number of carbonyl (C=O) groups is 1. The van der Waals surface area contributed by atoms with Crippen molar-refractivity contribution in [1.29, 1.82) is 0 Å². The lowest BCUT2D eigenvalue weighted by Crippen LogP contribution is -2.26. The Labute approximate surface area is 113 Å². The molecule has 0 saturated carbocycles. The van der Waals surface area contributed by atoms with E-state index in [1.165, 1.54) is 18.9 Å². The minimum Gasteiger partial charge on any atom is -0.490 e. The smallest absolute Gasteiger partial charge is 0.339 e. The van der Waals surface area contributed by atoms with Gasteiger partial charge in [-0.1, -0.05) is 6.07 Å². The zero-order chi connectivity index (χ0) is 13.8. The van der Waals surface area contributed by atoms with Crippen LogP contribution in [0, 0.1) is 0 Å². The number of anilines is 1. The summed E-state index contributed by atoms with van der Waals surface area (Å²) >= 11 is 0. The van der Waals surface area contributed by atoms with Crippen molar-refractivity contribution in [3.63, 3.8) is 0 Å². The lowest BCUT2D eigenvalue weighted by molar-refractivity contribution is 0.0692. The molecule has 0 amide bonds. The van der Waals surface area contributed by atoms with E-state index in [9.17, 15) is 4.79 Å². The van der Waals surface area contributed by atoms with Gasteiger partial charge in [0, 0.05) is 6.04 Å². The Morgan fingerprint density at radius 3 is 3.00 bits per heavy atom. The topological polar surface area (TPSA) is 75.8 Å². The normalized spacial score (nSPS) is 19.5. The number of nitrogens with two attached hydrogens (primary N) is 1. The number of carboxylic acid groups (broad SMARTS) is 1. The monoisotopic (exact) mass is 264 g/mol. The summed E-state index contributed by atoms with van der Waals surface area (Å²) in [6.07, 6.45) is 3.29. The number of aromatic carboxylic acids is 1. The first-order chi connectivity index (χ1) is 9.09. The number of hydrogen-bond donors (Lipinski definition) is 2. The minimum atomic E-state index is -1.01. The van der Waals surface area contributed by atoms with Crippen molar-refractivity contribution < 1.29 is 14.6 Å². The maximum absolute atomic E-state index is 11.1. The number of benzene rings is 1. The summed E-state index contributed by atoms with van der Waals surface area (Å²) < 4.78 is 5.61. The molecule has 104 valence electrons. The number of likely N-dealkylation sites (tertiary alicyclic amines) is 1. The van der Waals surface area contributed by atoms with Gasteiger partial charge in [0.2, 0.25) is 0 Å². The van der Waals surface area contributed by atoms with Gasteiger partial charge in [-0.05, 0) is 45.0 Å². The van der Waals surface area contributed by atoms with Gasteiger partial charge in [0.1, 0.15) is 5.56 Å². The van der Waals surface area contributed by atoms with Crippen molar-refractivity contribution in [1.82, 2.24) is 4.90 Å². The van der Waals surface area contributed by atoms with E-state index in [1.807, 2.05) is 0 Å². The second kappa shape index (κ2) is 5.93. The molecule has 0 aliphatic carbocycles. The van der Waals surface area contributed by atoms with Crippen molar-refractivity contribution >= 4 is 11.7 Å². The molecular weight excluding hydrogens is 244 g/mol. The molecule has 0 aromatic heterocycles. The zero-order valence-electron chi connectivity index (χ0n) is 11.1. The highest BCUT2D eigenvalue weighted by atomic mass is 16.5. The Balaban J connectivity index is 1.97. The first-order valence-electron chi connectivity index (χ1n) is 6.54. The van der Waals surface area contributed by atoms with Gasteiger partial charge in [0.15, 0.2) is 5.75 Å². The van der Waals surface area contributed by atoms with Crippen LogP contribution in [0.1, 0.15) is 29.6 Å². The van der Waals surface area contributed by atoms with Crippen molar-refractivity contribution in [3.05, 3.63) is 23.8 Å². The van der Waals surface area contributed by atoms with Crippen molar-refractivity contribution in [2.75, 3.05) is 25.9 Å². The summed E-state index contributed by atoms with van der Waals surface area (Å²) in [5, 5.41) is 9.10. The highest BCUT2D eigenvalue weighted by Crippen LogP contribution is 2.27. The Morgan fingerprint density at radius 2 is 2.37 bits per heavy atom. The Morgan fingerprint density at radius 1 is 1.58 bits per heavy atom. The summed E-state index contributed by atoms with van der Waals surface area (Å²) in [5.74, 6) is -0.726. The van der Waals surface area contributed by atoms with E-state index in [0.717, 1.165) is 13.0 Å². The third-order valence-corrected chi connectivity index (χ3v) is 3.64. The number of nitrogens with zero attached hydrogens (tertiary/aromatic N) is 1. The molecule has 1 heterocycles. The molecule has 1 aliphatic heterocycles. The molecular formula is C14H20N2O3. The van der Waals surface area contributed by atoms with Crippen LogP contribution in [-0.4, -0.2) is 42.2 Å². The maximum Gasteiger partial charge on any atom is 0.339 e. The molecule has 1 aromatic carbocycles. The molecule has 1 aromatic rings. The molecule has 1 unspecified atom stereocenters. The lowest BCUT2D eigenvalue weighted by Gasteiger charge is -2.20. The molecule has 0 radical (unpaired) electrons. The molecule has 1 atom stereocenters. The maximum atomic E-state index is 11.1. The molecule has 1 saturated heterocycles. The predicted molar refractivity (Wildman–Crippen MR) is 73.6 cm³/mol. The van der Waals surface area contributed by atoms with E-state index >= 15 is 0 Å². The molecule has 5 nitrogen and oxygen atoms in total. The fraction of sp³-hybridized carbons (Fsp3) is 0.500. The van der Waals surface area contributed by atoms with Gasteiger partial charge in [-0.2, -0.15) is 0 Å². The number of ether oxygens (including phenoxy) is 1. The average Bonchev–Trinajstić information content (AvgIpc) is 2.77. The van der Waals surface area contributed by atoms with Crippen LogP contribution >= 0.6 is 0 Å². The van der Waals surface area contributed by atoms with E-state index < -0.39 is 5.97 Å². The minimum absolute atomic E-state index is 0.125. The van der Waals surface area contributed by atoms with Crippen molar-refractivity contribution in [3.8, 4) is 5.75 Å². The Hall–Kier alpha value is -1.75. The highest BCUT2D eigenvalue weighted by molar-refractivity contribution is 5.93. The van der Waals surface area contributed by atoms with Crippen LogP contribution in [0.3, 0.4) is 0 Å². The second-order valence-corrected chi connectivity index (χ2v) is 4.94. The summed E-state index contributed by atoms with van der Waals surface area (Å²) in [7, 11) is 2.11. The van der Waals surface area contributed by atoms with Gasteiger partial charge >= 0.3 is 5.97 Å². The first-order valence-corrected chi connectivity index (χ1v) is 6.54. The molecule has 0 spiro atoms. The SMILES string of the molecule is CN1CCCC1CCOc1c(N)cccc1C(=O)O. The number of nitrogen functional groups attached to an aromatic ring is 1. The van der Waals surface area contributed by atoms with Gasteiger partial charge in [0.05, 0.1) is 12.3 Å². The molecule has 19 heavy (non-hydrogen) atoms. The number of carboxylic acids is 1. The number of para-hydroxylation sites is 1. The summed E-state index contributed by atoms with van der Waals surface area (Å²) in [6.45, 7) is 1.61. The Kier molecular flexibility index (Phi) is 4.27. The van der Waals surface area contributed by atoms with Gasteiger partial charge in [-0.15, -0.1) is 0 Å². The lowest BCUT2D eigenvalue weighted by atomic mass is 10.1. The van der Waals surface area contributed by atoms with Gasteiger partial charge in [-0.25, -0.2) is 4.79 Å². The fourth-order valence-electron chi connectivity index (χ4n) is 2.53. The number of rotatable bonds is 5. The third-order valence-electron chi connectivity index (χ3n) is 3.64. The van der Waals surface area contributed by atoms with E-state index in [1.54, 1.807) is 12.1 Å². The average molecular weight is 264 g/mol. The standard InChI is InChI=1S/C14H20N2O3/c1-16-8-3-4-10(16)7-9-19-13-11(14(17)18)5-2-6-12(13)15/h2,5-6,10H,3-4,7-9,15H2,1H3,(H,17,18). The quantitative estimate of drug-likeness (QED) is 0.793. The summed E-state index contributed by atoms with van der Waals surface area (Å²) in [4.78, 5) is 13.4. The zero-order valence-corrected chi connectivity index (χ0v) is 11.1. The van der Waals surface area contributed by atoms with Crippen LogP contribution in [0.5, 0.6) is 5.75 Å². The van der Waals surface area contributed by atoms with E-state index in [2.05, 4.69) is 11.9 Å². The van der Waals surface area contributed by atoms with E-state index in [4.69, 9.17) is 15.6 Å². The predicted octanol–water partition coefficient (Wildman–Crippen LogP) is 1.83.